The number of halogens is 4. The van der Waals surface area contributed by atoms with Gasteiger partial charge in [-0.1, -0.05) is 0 Å². The van der Waals surface area contributed by atoms with Crippen molar-refractivity contribution in [1.29, 1.82) is 0 Å². The topological polar surface area (TPSA) is 86.9 Å². The highest BCUT2D eigenvalue weighted by molar-refractivity contribution is 9.10. The molecule has 0 spiro atoms. The van der Waals surface area contributed by atoms with Crippen LogP contribution in [0.15, 0.2) is 28.9 Å². The molecule has 0 radical (unpaired) electrons. The fraction of sp³-hybridized carbons (Fsp3) is 0.0909. The monoisotopic (exact) mass is 348 g/mol. The van der Waals surface area contributed by atoms with Crippen molar-refractivity contribution in [2.45, 2.75) is 6.18 Å². The number of anilines is 1. The second-order valence-corrected chi connectivity index (χ2v) is 4.76. The first-order valence-corrected chi connectivity index (χ1v) is 6.01. The van der Waals surface area contributed by atoms with Gasteiger partial charge < -0.3 is 11.5 Å². The number of aromatic nitrogens is 2. The third-order valence-corrected chi connectivity index (χ3v) is 3.13. The van der Waals surface area contributed by atoms with Gasteiger partial charge >= 0.3 is 6.18 Å². The van der Waals surface area contributed by atoms with Crippen LogP contribution in [-0.4, -0.2) is 15.7 Å². The van der Waals surface area contributed by atoms with Crippen LogP contribution in [0.1, 0.15) is 16.1 Å². The van der Waals surface area contributed by atoms with Crippen molar-refractivity contribution in [2.75, 3.05) is 5.73 Å². The third-order valence-electron chi connectivity index (χ3n) is 2.50. The summed E-state index contributed by atoms with van der Waals surface area (Å²) in [5.74, 6) is -0.815. The van der Waals surface area contributed by atoms with Crippen LogP contribution >= 0.6 is 15.9 Å². The van der Waals surface area contributed by atoms with Gasteiger partial charge in [-0.05, 0) is 34.1 Å². The summed E-state index contributed by atoms with van der Waals surface area (Å²) in [6.07, 6.45) is -3.14. The fourth-order valence-corrected chi connectivity index (χ4v) is 2.13. The summed E-state index contributed by atoms with van der Waals surface area (Å²) in [6, 6.07) is 3.03. The molecule has 1 amide bonds. The summed E-state index contributed by atoms with van der Waals surface area (Å²) in [4.78, 5) is 11.0. The number of benzene rings is 1. The Kier molecular flexibility index (Phi) is 3.46. The van der Waals surface area contributed by atoms with E-state index in [1.807, 2.05) is 0 Å². The molecule has 9 heteroatoms. The molecular weight excluding hydrogens is 341 g/mol. The summed E-state index contributed by atoms with van der Waals surface area (Å²) in [6.45, 7) is 0. The van der Waals surface area contributed by atoms with E-state index in [0.29, 0.717) is 5.69 Å². The van der Waals surface area contributed by atoms with E-state index < -0.39 is 17.6 Å². The van der Waals surface area contributed by atoms with Crippen molar-refractivity contribution in [3.05, 3.63) is 40.1 Å². The van der Waals surface area contributed by atoms with Gasteiger partial charge in [-0.3, -0.25) is 4.79 Å². The van der Waals surface area contributed by atoms with Crippen LogP contribution < -0.4 is 11.5 Å². The molecule has 0 saturated carbocycles. The second kappa shape index (κ2) is 4.82. The van der Waals surface area contributed by atoms with E-state index in [4.69, 9.17) is 11.5 Å². The van der Waals surface area contributed by atoms with Crippen molar-refractivity contribution in [3.63, 3.8) is 0 Å². The predicted molar refractivity (Wildman–Crippen MR) is 69.2 cm³/mol. The number of hydrogen-bond acceptors (Lipinski definition) is 3. The highest BCUT2D eigenvalue weighted by atomic mass is 79.9. The Morgan fingerprint density at radius 2 is 2.00 bits per heavy atom. The predicted octanol–water partition coefficient (Wildman–Crippen LogP) is 2.33. The van der Waals surface area contributed by atoms with Crippen LogP contribution in [0.5, 0.6) is 0 Å². The number of nitrogen functional groups attached to an aromatic ring is 1. The zero-order valence-electron chi connectivity index (χ0n) is 9.78. The minimum atomic E-state index is -4.44. The number of primary amides is 1. The zero-order chi connectivity index (χ0) is 15.1. The Balaban J connectivity index is 2.49. The van der Waals surface area contributed by atoms with Crippen molar-refractivity contribution < 1.29 is 18.0 Å². The molecule has 4 N–H and O–H groups in total. The SMILES string of the molecule is NC(=O)c1nn(-c2ccc(C(F)(F)F)cc2Br)cc1N. The first kappa shape index (κ1) is 14.4. The molecule has 0 bridgehead atoms. The van der Waals surface area contributed by atoms with E-state index in [0.717, 1.165) is 12.1 Å². The maximum absolute atomic E-state index is 12.6. The number of amides is 1. The van der Waals surface area contributed by atoms with Crippen molar-refractivity contribution in [3.8, 4) is 5.69 Å². The molecule has 0 aliphatic carbocycles. The molecular formula is C11H8BrF3N4O. The quantitative estimate of drug-likeness (QED) is 0.873. The first-order valence-electron chi connectivity index (χ1n) is 5.22. The Morgan fingerprint density at radius 1 is 1.35 bits per heavy atom. The van der Waals surface area contributed by atoms with E-state index in [-0.39, 0.29) is 15.9 Å². The molecule has 0 atom stereocenters. The van der Waals surface area contributed by atoms with Gasteiger partial charge in [0.05, 0.1) is 23.1 Å². The fourth-order valence-electron chi connectivity index (χ4n) is 1.57. The molecule has 20 heavy (non-hydrogen) atoms. The molecule has 1 aromatic heterocycles. The van der Waals surface area contributed by atoms with Gasteiger partial charge in [0, 0.05) is 4.47 Å². The molecule has 0 fully saturated rings. The van der Waals surface area contributed by atoms with Gasteiger partial charge in [-0.15, -0.1) is 0 Å². The Labute approximate surface area is 119 Å². The van der Waals surface area contributed by atoms with Gasteiger partial charge in [-0.2, -0.15) is 18.3 Å². The van der Waals surface area contributed by atoms with Gasteiger partial charge in [0.1, 0.15) is 0 Å². The van der Waals surface area contributed by atoms with Crippen molar-refractivity contribution in [2.24, 2.45) is 5.73 Å². The minimum Gasteiger partial charge on any atom is -0.396 e. The highest BCUT2D eigenvalue weighted by Crippen LogP contribution is 2.33. The van der Waals surface area contributed by atoms with Crippen LogP contribution in [0, 0.1) is 0 Å². The molecule has 0 unspecified atom stereocenters. The molecule has 2 rings (SSSR count). The standard InChI is InChI=1S/C11H8BrF3N4O/c12-6-3-5(11(13,14)15)1-2-8(6)19-4-7(16)9(18-19)10(17)20/h1-4H,16H2,(H2,17,20). The maximum Gasteiger partial charge on any atom is 0.416 e. The first-order chi connectivity index (χ1) is 9.20. The average Bonchev–Trinajstić information content (AvgIpc) is 2.69. The summed E-state index contributed by atoms with van der Waals surface area (Å²) in [7, 11) is 0. The number of hydrogen-bond donors (Lipinski definition) is 2. The molecule has 0 aliphatic rings. The van der Waals surface area contributed by atoms with Gasteiger partial charge in [0.2, 0.25) is 0 Å². The van der Waals surface area contributed by atoms with Crippen LogP contribution in [0.25, 0.3) is 5.69 Å². The number of rotatable bonds is 2. The number of carbonyl (C=O) groups is 1. The molecule has 2 aromatic rings. The van der Waals surface area contributed by atoms with Crippen LogP contribution in [0.4, 0.5) is 18.9 Å². The Morgan fingerprint density at radius 3 is 2.45 bits per heavy atom. The van der Waals surface area contributed by atoms with Crippen LogP contribution in [-0.2, 0) is 6.18 Å². The summed E-state index contributed by atoms with van der Waals surface area (Å²) < 4.78 is 39.0. The lowest BCUT2D eigenvalue weighted by Gasteiger charge is -2.10. The highest BCUT2D eigenvalue weighted by Gasteiger charge is 2.31. The van der Waals surface area contributed by atoms with Gasteiger partial charge in [-0.25, -0.2) is 4.68 Å². The number of carbonyl (C=O) groups excluding carboxylic acids is 1. The van der Waals surface area contributed by atoms with Crippen molar-refractivity contribution in [1.82, 2.24) is 9.78 Å². The summed E-state index contributed by atoms with van der Waals surface area (Å²) in [5.41, 5.74) is 10.0. The largest absolute Gasteiger partial charge is 0.416 e. The lowest BCUT2D eigenvalue weighted by molar-refractivity contribution is -0.137. The number of nitrogens with two attached hydrogens (primary N) is 2. The number of nitrogens with zero attached hydrogens (tertiary/aromatic N) is 2. The minimum absolute atomic E-state index is 0.0456. The average molecular weight is 349 g/mol. The zero-order valence-corrected chi connectivity index (χ0v) is 11.4. The second-order valence-electron chi connectivity index (χ2n) is 3.91. The number of alkyl halides is 3. The molecule has 1 heterocycles. The van der Waals surface area contributed by atoms with E-state index in [9.17, 15) is 18.0 Å². The molecule has 106 valence electrons. The van der Waals surface area contributed by atoms with E-state index in [1.54, 1.807) is 0 Å². The van der Waals surface area contributed by atoms with Crippen LogP contribution in [0.3, 0.4) is 0 Å². The third kappa shape index (κ3) is 2.62. The van der Waals surface area contributed by atoms with Gasteiger partial charge in [0.25, 0.3) is 5.91 Å². The molecule has 0 saturated heterocycles. The summed E-state index contributed by atoms with van der Waals surface area (Å²) >= 11 is 3.03. The van der Waals surface area contributed by atoms with Crippen LogP contribution in [0.2, 0.25) is 0 Å². The molecule has 0 aliphatic heterocycles. The lowest BCUT2D eigenvalue weighted by atomic mass is 10.2. The van der Waals surface area contributed by atoms with Gasteiger partial charge in [0.15, 0.2) is 5.69 Å². The van der Waals surface area contributed by atoms with E-state index in [2.05, 4.69) is 21.0 Å². The smallest absolute Gasteiger partial charge is 0.396 e. The van der Waals surface area contributed by atoms with E-state index in [1.165, 1.54) is 16.9 Å². The lowest BCUT2D eigenvalue weighted by Crippen LogP contribution is -2.14. The summed E-state index contributed by atoms with van der Waals surface area (Å²) in [5, 5.41) is 3.84. The van der Waals surface area contributed by atoms with E-state index >= 15 is 0 Å². The Hall–Kier alpha value is -2.03. The Bertz CT molecular complexity index is 681. The van der Waals surface area contributed by atoms with Crippen molar-refractivity contribution >= 4 is 27.5 Å². The normalized spacial score (nSPS) is 11.6. The molecule has 5 nitrogen and oxygen atoms in total. The molecule has 1 aromatic carbocycles. The maximum atomic E-state index is 12.6.